The Hall–Kier alpha value is -3.10. The Kier molecular flexibility index (Phi) is 5.36. The number of halogens is 3. The molecule has 4 rings (SSSR count). The third-order valence-electron chi connectivity index (χ3n) is 5.93. The van der Waals surface area contributed by atoms with Crippen LogP contribution in [-0.4, -0.2) is 35.4 Å². The zero-order valence-corrected chi connectivity index (χ0v) is 16.8. The van der Waals surface area contributed by atoms with E-state index in [2.05, 4.69) is 10.3 Å². The summed E-state index contributed by atoms with van der Waals surface area (Å²) in [4.78, 5) is 30.1. The first kappa shape index (κ1) is 21.1. The molecule has 1 aromatic heterocycles. The number of nitrogens with two attached hydrogens (primary N) is 1. The highest BCUT2D eigenvalue weighted by Crippen LogP contribution is 2.40. The van der Waals surface area contributed by atoms with Crippen LogP contribution in [0.25, 0.3) is 0 Å². The van der Waals surface area contributed by atoms with Crippen LogP contribution in [0.3, 0.4) is 0 Å². The maximum atomic E-state index is 13.0. The molecule has 164 valence electrons. The first-order chi connectivity index (χ1) is 14.7. The van der Waals surface area contributed by atoms with E-state index in [-0.39, 0.29) is 37.5 Å². The van der Waals surface area contributed by atoms with E-state index in [1.165, 1.54) is 24.6 Å². The fourth-order valence-corrected chi connectivity index (χ4v) is 3.97. The minimum absolute atomic E-state index is 0.0162. The molecule has 2 heterocycles. The molecule has 1 aliphatic heterocycles. The van der Waals surface area contributed by atoms with Gasteiger partial charge in [-0.15, -0.1) is 0 Å². The van der Waals surface area contributed by atoms with Crippen LogP contribution in [-0.2, 0) is 22.2 Å². The van der Waals surface area contributed by atoms with Gasteiger partial charge in [0.15, 0.2) is 0 Å². The van der Waals surface area contributed by atoms with Crippen LogP contribution in [0.1, 0.15) is 41.9 Å². The molecule has 2 amide bonds. The van der Waals surface area contributed by atoms with Crippen molar-refractivity contribution in [3.8, 4) is 0 Å². The molecule has 3 N–H and O–H groups in total. The Morgan fingerprint density at radius 1 is 1.19 bits per heavy atom. The average molecular weight is 432 g/mol. The van der Waals surface area contributed by atoms with E-state index < -0.39 is 23.2 Å². The fraction of sp³-hybridized carbons (Fsp3) is 0.409. The van der Waals surface area contributed by atoms with Crippen LogP contribution in [0.2, 0.25) is 0 Å². The van der Waals surface area contributed by atoms with Gasteiger partial charge in [-0.1, -0.05) is 24.3 Å². The topological polar surface area (TPSA) is 88.3 Å². The Labute approximate surface area is 177 Å². The van der Waals surface area contributed by atoms with Gasteiger partial charge in [-0.2, -0.15) is 13.2 Å². The summed E-state index contributed by atoms with van der Waals surface area (Å²) in [6.07, 6.45) is 0.202. The van der Waals surface area contributed by atoms with E-state index in [4.69, 9.17) is 5.73 Å². The molecule has 0 radical (unpaired) electrons. The number of alkyl halides is 3. The number of benzene rings is 1. The minimum atomic E-state index is -4.52. The van der Waals surface area contributed by atoms with E-state index >= 15 is 0 Å². The zero-order valence-electron chi connectivity index (χ0n) is 16.8. The molecule has 6 nitrogen and oxygen atoms in total. The summed E-state index contributed by atoms with van der Waals surface area (Å²) < 4.78 is 39.0. The summed E-state index contributed by atoms with van der Waals surface area (Å²) >= 11 is 0. The van der Waals surface area contributed by atoms with Gasteiger partial charge < -0.3 is 16.0 Å². The highest BCUT2D eigenvalue weighted by molar-refractivity contribution is 5.92. The maximum Gasteiger partial charge on any atom is 0.417 e. The number of pyridine rings is 1. The van der Waals surface area contributed by atoms with E-state index in [1.54, 1.807) is 4.90 Å². The molecule has 9 heteroatoms. The quantitative estimate of drug-likeness (QED) is 0.735. The number of carbonyl (C=O) groups is 2. The lowest BCUT2D eigenvalue weighted by molar-refractivity contribution is -0.137. The number of carbonyl (C=O) groups excluding carboxylic acids is 2. The second-order valence-electron chi connectivity index (χ2n) is 8.29. The normalized spacial score (nSPS) is 21.2. The molecule has 1 saturated heterocycles. The van der Waals surface area contributed by atoms with E-state index in [1.807, 2.05) is 24.3 Å². The van der Waals surface area contributed by atoms with Gasteiger partial charge in [-0.25, -0.2) is 0 Å². The molecule has 2 aliphatic rings. The standard InChI is InChI=1S/C22H23F3N4O2/c23-22(24,25)17-10-18(12-27-11-17)29-8-7-21(13-29,20(26)31)28-19(30)9-14-1-3-15(4-2-14)16-5-6-16/h1-4,10-12,16H,5-9,13H2,(H2,26,31)(H,28,30). The second-order valence-corrected chi connectivity index (χ2v) is 8.29. The van der Waals surface area contributed by atoms with Crippen molar-refractivity contribution in [1.29, 1.82) is 0 Å². The molecule has 31 heavy (non-hydrogen) atoms. The number of aromatic nitrogens is 1. The van der Waals surface area contributed by atoms with Gasteiger partial charge in [0, 0.05) is 12.7 Å². The van der Waals surface area contributed by atoms with Gasteiger partial charge in [-0.3, -0.25) is 14.6 Å². The van der Waals surface area contributed by atoms with Crippen LogP contribution < -0.4 is 16.0 Å². The van der Waals surface area contributed by atoms with Gasteiger partial charge in [0.25, 0.3) is 0 Å². The van der Waals surface area contributed by atoms with Gasteiger partial charge in [0.1, 0.15) is 5.54 Å². The minimum Gasteiger partial charge on any atom is -0.368 e. The number of nitrogens with zero attached hydrogens (tertiary/aromatic N) is 2. The molecule has 0 spiro atoms. The number of nitrogens with one attached hydrogen (secondary N) is 1. The summed E-state index contributed by atoms with van der Waals surface area (Å²) in [5.74, 6) is -0.454. The number of primary amides is 1. The van der Waals surface area contributed by atoms with Gasteiger partial charge >= 0.3 is 6.18 Å². The van der Waals surface area contributed by atoms with Crippen molar-refractivity contribution in [3.05, 3.63) is 59.4 Å². The van der Waals surface area contributed by atoms with Crippen molar-refractivity contribution < 1.29 is 22.8 Å². The molecule has 1 saturated carbocycles. The van der Waals surface area contributed by atoms with Crippen LogP contribution in [0, 0.1) is 0 Å². The van der Waals surface area contributed by atoms with Crippen LogP contribution in [0.15, 0.2) is 42.7 Å². The molecule has 1 atom stereocenters. The Bertz CT molecular complexity index is 989. The average Bonchev–Trinajstić information content (AvgIpc) is 3.48. The molecular formula is C22H23F3N4O2. The summed E-state index contributed by atoms with van der Waals surface area (Å²) in [5.41, 5.74) is 5.68. The van der Waals surface area contributed by atoms with Gasteiger partial charge in [0.2, 0.25) is 11.8 Å². The Morgan fingerprint density at radius 2 is 1.90 bits per heavy atom. The molecule has 1 aromatic carbocycles. The number of rotatable bonds is 6. The second kappa shape index (κ2) is 7.86. The number of hydrogen-bond donors (Lipinski definition) is 2. The number of anilines is 1. The van der Waals surface area contributed by atoms with Crippen molar-refractivity contribution in [2.45, 2.75) is 43.3 Å². The molecule has 2 fully saturated rings. The van der Waals surface area contributed by atoms with Crippen LogP contribution >= 0.6 is 0 Å². The van der Waals surface area contributed by atoms with Crippen LogP contribution in [0.5, 0.6) is 0 Å². The smallest absolute Gasteiger partial charge is 0.368 e. The largest absolute Gasteiger partial charge is 0.417 e. The third-order valence-corrected chi connectivity index (χ3v) is 5.93. The maximum absolute atomic E-state index is 13.0. The lowest BCUT2D eigenvalue weighted by Gasteiger charge is -2.28. The van der Waals surface area contributed by atoms with Crippen molar-refractivity contribution in [3.63, 3.8) is 0 Å². The first-order valence-electron chi connectivity index (χ1n) is 10.1. The van der Waals surface area contributed by atoms with Gasteiger partial charge in [-0.05, 0) is 42.4 Å². The van der Waals surface area contributed by atoms with E-state index in [0.29, 0.717) is 5.92 Å². The van der Waals surface area contributed by atoms with E-state index in [0.717, 1.165) is 17.8 Å². The third kappa shape index (κ3) is 4.65. The molecule has 1 aliphatic carbocycles. The predicted octanol–water partition coefficient (Wildman–Crippen LogP) is 2.77. The fourth-order valence-electron chi connectivity index (χ4n) is 3.97. The zero-order chi connectivity index (χ0) is 22.2. The van der Waals surface area contributed by atoms with Crippen molar-refractivity contribution in [2.75, 3.05) is 18.0 Å². The summed E-state index contributed by atoms with van der Waals surface area (Å²) in [7, 11) is 0. The monoisotopic (exact) mass is 432 g/mol. The highest BCUT2D eigenvalue weighted by Gasteiger charge is 2.45. The molecule has 0 bridgehead atoms. The summed E-state index contributed by atoms with van der Waals surface area (Å²) in [5, 5.41) is 2.74. The molecular weight excluding hydrogens is 409 g/mol. The SMILES string of the molecule is NC(=O)C1(NC(=O)Cc2ccc(C3CC3)cc2)CCN(c2cncc(C(F)(F)F)c2)C1. The highest BCUT2D eigenvalue weighted by atomic mass is 19.4. The van der Waals surface area contributed by atoms with Crippen LogP contribution in [0.4, 0.5) is 18.9 Å². The van der Waals surface area contributed by atoms with Crippen molar-refractivity contribution >= 4 is 17.5 Å². The Morgan fingerprint density at radius 3 is 2.52 bits per heavy atom. The van der Waals surface area contributed by atoms with Crippen molar-refractivity contribution in [2.24, 2.45) is 5.73 Å². The van der Waals surface area contributed by atoms with Gasteiger partial charge in [0.05, 0.1) is 30.4 Å². The first-order valence-corrected chi connectivity index (χ1v) is 10.1. The summed E-state index contributed by atoms with van der Waals surface area (Å²) in [6, 6.07) is 8.82. The molecule has 1 unspecified atom stereocenters. The molecule has 2 aromatic rings. The lowest BCUT2D eigenvalue weighted by atomic mass is 9.96. The van der Waals surface area contributed by atoms with E-state index in [9.17, 15) is 22.8 Å². The van der Waals surface area contributed by atoms with Crippen molar-refractivity contribution in [1.82, 2.24) is 10.3 Å². The number of amides is 2. The Balaban J connectivity index is 1.44. The number of hydrogen-bond acceptors (Lipinski definition) is 4. The predicted molar refractivity (Wildman–Crippen MR) is 108 cm³/mol. The lowest BCUT2D eigenvalue weighted by Crippen LogP contribution is -2.59. The summed E-state index contributed by atoms with van der Waals surface area (Å²) in [6.45, 7) is 0.250.